The van der Waals surface area contributed by atoms with Gasteiger partial charge in [0.2, 0.25) is 0 Å². The molecule has 0 aromatic heterocycles. The van der Waals surface area contributed by atoms with Gasteiger partial charge < -0.3 is 0 Å². The van der Waals surface area contributed by atoms with Gasteiger partial charge in [-0.2, -0.15) is 0 Å². The molecule has 5 atom stereocenters. The van der Waals surface area contributed by atoms with Gasteiger partial charge in [-0.3, -0.25) is 0 Å². The molecule has 0 spiro atoms. The molecule has 0 unspecified atom stereocenters. The molecule has 0 bridgehead atoms. The number of fused-ring (bicyclic) bond motifs is 1. The first-order valence-corrected chi connectivity index (χ1v) is 6.61. The average molecular weight is 215 g/mol. The van der Waals surface area contributed by atoms with Crippen LogP contribution in [-0.2, 0) is 0 Å². The molecule has 2 saturated carbocycles. The highest BCUT2D eigenvalue weighted by Gasteiger charge is 2.47. The summed E-state index contributed by atoms with van der Waals surface area (Å²) in [7, 11) is 0. The number of hydrogen-bond acceptors (Lipinski definition) is 0. The van der Waals surface area contributed by atoms with Gasteiger partial charge in [0.05, 0.1) is 0 Å². The molecule has 1 heteroatoms. The number of halogens is 1. The zero-order valence-corrected chi connectivity index (χ0v) is 10.5. The summed E-state index contributed by atoms with van der Waals surface area (Å²) in [4.78, 5) is 0. The molecule has 0 aliphatic heterocycles. The van der Waals surface area contributed by atoms with Crippen LogP contribution in [0.1, 0.15) is 52.9 Å². The summed E-state index contributed by atoms with van der Waals surface area (Å²) in [6.07, 6.45) is 6.72. The second-order valence-electron chi connectivity index (χ2n) is 5.92. The van der Waals surface area contributed by atoms with Crippen LogP contribution in [-0.4, -0.2) is 5.38 Å². The van der Waals surface area contributed by atoms with Gasteiger partial charge in [-0.25, -0.2) is 0 Å². The van der Waals surface area contributed by atoms with Crippen molar-refractivity contribution < 1.29 is 0 Å². The smallest absolute Gasteiger partial charge is 0.0339 e. The Morgan fingerprint density at radius 3 is 2.57 bits per heavy atom. The predicted molar refractivity (Wildman–Crippen MR) is 62.7 cm³/mol. The molecule has 0 aromatic carbocycles. The molecule has 2 fully saturated rings. The Bertz CT molecular complexity index is 213. The van der Waals surface area contributed by atoms with E-state index in [1.807, 2.05) is 0 Å². The van der Waals surface area contributed by atoms with E-state index in [-0.39, 0.29) is 0 Å². The van der Waals surface area contributed by atoms with E-state index in [0.29, 0.717) is 10.8 Å². The molecule has 0 aromatic rings. The summed E-state index contributed by atoms with van der Waals surface area (Å²) >= 11 is 6.28. The van der Waals surface area contributed by atoms with Crippen molar-refractivity contribution in [2.24, 2.45) is 23.2 Å². The minimum atomic E-state index is 0.466. The summed E-state index contributed by atoms with van der Waals surface area (Å²) in [5.74, 6) is 2.72. The second-order valence-corrected chi connectivity index (χ2v) is 6.53. The second kappa shape index (κ2) is 3.70. The van der Waals surface area contributed by atoms with E-state index < -0.39 is 0 Å². The van der Waals surface area contributed by atoms with Crippen LogP contribution < -0.4 is 0 Å². The fourth-order valence-electron chi connectivity index (χ4n) is 3.78. The number of alkyl halides is 1. The molecule has 82 valence electrons. The maximum Gasteiger partial charge on any atom is 0.0339 e. The quantitative estimate of drug-likeness (QED) is 0.522. The Kier molecular flexibility index (Phi) is 2.85. The third-order valence-electron chi connectivity index (χ3n) is 5.33. The van der Waals surface area contributed by atoms with Gasteiger partial charge in [0.25, 0.3) is 0 Å². The zero-order valence-electron chi connectivity index (χ0n) is 9.72. The topological polar surface area (TPSA) is 0 Å². The van der Waals surface area contributed by atoms with Crippen molar-refractivity contribution in [3.63, 3.8) is 0 Å². The van der Waals surface area contributed by atoms with Crippen LogP contribution in [0.5, 0.6) is 0 Å². The molecule has 0 amide bonds. The molecular formula is C13H23Cl. The fourth-order valence-corrected chi connectivity index (χ4v) is 4.10. The molecule has 0 nitrogen and oxygen atoms in total. The summed E-state index contributed by atoms with van der Waals surface area (Å²) in [5.41, 5.74) is 0.600. The van der Waals surface area contributed by atoms with Crippen molar-refractivity contribution in [3.05, 3.63) is 0 Å². The Morgan fingerprint density at radius 1 is 1.14 bits per heavy atom. The van der Waals surface area contributed by atoms with E-state index in [1.165, 1.54) is 32.1 Å². The zero-order chi connectivity index (χ0) is 10.3. The molecule has 0 saturated heterocycles. The van der Waals surface area contributed by atoms with E-state index in [2.05, 4.69) is 20.8 Å². The minimum Gasteiger partial charge on any atom is -0.123 e. The normalized spacial score (nSPS) is 54.0. The summed E-state index contributed by atoms with van der Waals surface area (Å²) in [6.45, 7) is 7.41. The average Bonchev–Trinajstić information content (AvgIpc) is 2.16. The highest BCUT2D eigenvalue weighted by molar-refractivity contribution is 6.20. The Morgan fingerprint density at radius 2 is 1.86 bits per heavy atom. The molecular weight excluding hydrogens is 192 g/mol. The predicted octanol–water partition coefficient (Wildman–Crippen LogP) is 4.47. The van der Waals surface area contributed by atoms with Crippen molar-refractivity contribution in [2.45, 2.75) is 58.3 Å². The van der Waals surface area contributed by atoms with Gasteiger partial charge in [0.15, 0.2) is 0 Å². The summed E-state index contributed by atoms with van der Waals surface area (Å²) in [5, 5.41) is 0.466. The van der Waals surface area contributed by atoms with Crippen LogP contribution >= 0.6 is 11.6 Å². The first kappa shape index (κ1) is 10.8. The van der Waals surface area contributed by atoms with Crippen LogP contribution in [0, 0.1) is 23.2 Å². The van der Waals surface area contributed by atoms with E-state index in [1.54, 1.807) is 0 Å². The van der Waals surface area contributed by atoms with Crippen LogP contribution in [0.25, 0.3) is 0 Å². The van der Waals surface area contributed by atoms with Crippen molar-refractivity contribution in [2.75, 3.05) is 0 Å². The fraction of sp³-hybridized carbons (Fsp3) is 1.00. The van der Waals surface area contributed by atoms with Crippen molar-refractivity contribution in [3.8, 4) is 0 Å². The van der Waals surface area contributed by atoms with Gasteiger partial charge in [0, 0.05) is 5.38 Å². The lowest BCUT2D eigenvalue weighted by molar-refractivity contribution is -0.0187. The van der Waals surface area contributed by atoms with Gasteiger partial charge in [-0.05, 0) is 48.9 Å². The molecule has 0 heterocycles. The maximum absolute atomic E-state index is 6.28. The van der Waals surface area contributed by atoms with E-state index in [0.717, 1.165) is 17.8 Å². The number of rotatable bonds is 0. The van der Waals surface area contributed by atoms with E-state index in [9.17, 15) is 0 Å². The van der Waals surface area contributed by atoms with Gasteiger partial charge in [0.1, 0.15) is 0 Å². The van der Waals surface area contributed by atoms with Crippen LogP contribution in [0.15, 0.2) is 0 Å². The van der Waals surface area contributed by atoms with Gasteiger partial charge in [-0.1, -0.05) is 27.2 Å². The van der Waals surface area contributed by atoms with Crippen molar-refractivity contribution >= 4 is 11.6 Å². The minimum absolute atomic E-state index is 0.466. The SMILES string of the molecule is C[C@@H]1CC[C@@H]2C[C@H](Cl)CC[C@]2(C)[C@@H]1C. The van der Waals surface area contributed by atoms with Crippen LogP contribution in [0.3, 0.4) is 0 Å². The third-order valence-corrected chi connectivity index (χ3v) is 5.73. The molecule has 14 heavy (non-hydrogen) atoms. The maximum atomic E-state index is 6.28. The lowest BCUT2D eigenvalue weighted by atomic mass is 9.53. The van der Waals surface area contributed by atoms with Gasteiger partial charge >= 0.3 is 0 Å². The highest BCUT2D eigenvalue weighted by atomic mass is 35.5. The summed E-state index contributed by atoms with van der Waals surface area (Å²) in [6, 6.07) is 0. The first-order valence-electron chi connectivity index (χ1n) is 6.18. The molecule has 0 radical (unpaired) electrons. The van der Waals surface area contributed by atoms with Crippen molar-refractivity contribution in [1.29, 1.82) is 0 Å². The Balaban J connectivity index is 2.16. The highest BCUT2D eigenvalue weighted by Crippen LogP contribution is 2.55. The molecule has 2 aliphatic rings. The number of hydrogen-bond donors (Lipinski definition) is 0. The first-order chi connectivity index (χ1) is 6.54. The van der Waals surface area contributed by atoms with Gasteiger partial charge in [-0.15, -0.1) is 11.6 Å². The lowest BCUT2D eigenvalue weighted by Crippen LogP contribution is -2.45. The Labute approximate surface area is 93.4 Å². The van der Waals surface area contributed by atoms with Crippen LogP contribution in [0.2, 0.25) is 0 Å². The molecule has 0 N–H and O–H groups in total. The monoisotopic (exact) mass is 214 g/mol. The van der Waals surface area contributed by atoms with Crippen LogP contribution in [0.4, 0.5) is 0 Å². The summed E-state index contributed by atoms with van der Waals surface area (Å²) < 4.78 is 0. The lowest BCUT2D eigenvalue weighted by Gasteiger charge is -2.53. The van der Waals surface area contributed by atoms with E-state index in [4.69, 9.17) is 11.6 Å². The van der Waals surface area contributed by atoms with Crippen molar-refractivity contribution in [1.82, 2.24) is 0 Å². The largest absolute Gasteiger partial charge is 0.123 e. The molecule has 2 rings (SSSR count). The standard InChI is InChI=1S/C13H23Cl/c1-9-4-5-11-8-12(14)6-7-13(11,3)10(9)2/h9-12H,4-8H2,1-3H3/t9-,10-,11-,12-,13-/m1/s1. The Hall–Kier alpha value is 0.290. The van der Waals surface area contributed by atoms with E-state index >= 15 is 0 Å². The third kappa shape index (κ3) is 1.60. The molecule has 2 aliphatic carbocycles.